The molecule has 26 heavy (non-hydrogen) atoms. The number of ether oxygens (including phenoxy) is 1. The van der Waals surface area contributed by atoms with E-state index in [0.717, 1.165) is 19.6 Å². The minimum Gasteiger partial charge on any atom is -0.492 e. The number of carbonyl (C=O) groups excluding carboxylic acids is 1. The third-order valence-electron chi connectivity index (χ3n) is 4.54. The van der Waals surface area contributed by atoms with Crippen molar-refractivity contribution in [3.8, 4) is 5.75 Å². The van der Waals surface area contributed by atoms with Crippen LogP contribution in [0.25, 0.3) is 0 Å². The second-order valence-corrected chi connectivity index (χ2v) is 6.59. The van der Waals surface area contributed by atoms with E-state index in [2.05, 4.69) is 10.2 Å². The molecule has 0 aromatic heterocycles. The normalized spacial score (nSPS) is 14.8. The molecule has 0 atom stereocenters. The first-order chi connectivity index (χ1) is 12.7. The van der Waals surface area contributed by atoms with Crippen molar-refractivity contribution < 1.29 is 13.9 Å². The molecule has 138 valence electrons. The fourth-order valence-corrected chi connectivity index (χ4v) is 3.10. The molecule has 0 aliphatic carbocycles. The molecule has 1 N–H and O–H groups in total. The Bertz CT molecular complexity index is 695. The number of carbonyl (C=O) groups is 1. The molecule has 4 nitrogen and oxygen atoms in total. The van der Waals surface area contributed by atoms with Crippen LogP contribution in [0.3, 0.4) is 0 Å². The summed E-state index contributed by atoms with van der Waals surface area (Å²) in [6.45, 7) is 4.01. The molecule has 0 spiro atoms. The summed E-state index contributed by atoms with van der Waals surface area (Å²) in [5.74, 6) is 0.175. The van der Waals surface area contributed by atoms with Crippen molar-refractivity contribution in [3.63, 3.8) is 0 Å². The van der Waals surface area contributed by atoms with Crippen LogP contribution < -0.4 is 10.1 Å². The van der Waals surface area contributed by atoms with Gasteiger partial charge in [0.05, 0.1) is 6.54 Å². The molecule has 1 amide bonds. The molecule has 0 unspecified atom stereocenters. The first kappa shape index (κ1) is 18.4. The lowest BCUT2D eigenvalue weighted by atomic mass is 10.1. The lowest BCUT2D eigenvalue weighted by molar-refractivity contribution is 0.0947. The zero-order valence-electron chi connectivity index (χ0n) is 14.9. The van der Waals surface area contributed by atoms with E-state index in [9.17, 15) is 9.18 Å². The predicted octanol–water partition coefficient (Wildman–Crippen LogP) is 3.62. The number of hydrogen-bond acceptors (Lipinski definition) is 3. The Kier molecular flexibility index (Phi) is 6.61. The van der Waals surface area contributed by atoms with E-state index in [4.69, 9.17) is 4.74 Å². The minimum atomic E-state index is -0.297. The zero-order valence-corrected chi connectivity index (χ0v) is 14.9. The number of amides is 1. The highest BCUT2D eigenvalue weighted by molar-refractivity contribution is 5.94. The summed E-state index contributed by atoms with van der Waals surface area (Å²) >= 11 is 0. The van der Waals surface area contributed by atoms with Gasteiger partial charge in [-0.25, -0.2) is 4.39 Å². The van der Waals surface area contributed by atoms with Gasteiger partial charge in [-0.05, 0) is 67.9 Å². The molecular weight excluding hydrogens is 331 g/mol. The highest BCUT2D eigenvalue weighted by Crippen LogP contribution is 2.14. The van der Waals surface area contributed by atoms with E-state index in [1.54, 1.807) is 12.1 Å². The standard InChI is InChI=1S/C21H25FN2O2/c22-19-8-10-20(11-9-19)26-15-12-23-21(25)18-6-4-17(5-7-18)16-24-13-2-1-3-14-24/h4-11H,1-3,12-16H2,(H,23,25). The average molecular weight is 356 g/mol. The Labute approximate surface area is 154 Å². The number of nitrogens with one attached hydrogen (secondary N) is 1. The van der Waals surface area contributed by atoms with Gasteiger partial charge in [0.2, 0.25) is 0 Å². The first-order valence-corrected chi connectivity index (χ1v) is 9.18. The third kappa shape index (κ3) is 5.56. The SMILES string of the molecule is O=C(NCCOc1ccc(F)cc1)c1ccc(CN2CCCCC2)cc1. The van der Waals surface area contributed by atoms with Crippen molar-refractivity contribution in [2.75, 3.05) is 26.2 Å². The van der Waals surface area contributed by atoms with Gasteiger partial charge in [-0.1, -0.05) is 18.6 Å². The number of hydrogen-bond donors (Lipinski definition) is 1. The molecule has 2 aromatic rings. The molecule has 1 aliphatic heterocycles. The van der Waals surface area contributed by atoms with Gasteiger partial charge < -0.3 is 10.1 Å². The van der Waals surface area contributed by atoms with Gasteiger partial charge in [-0.3, -0.25) is 9.69 Å². The van der Waals surface area contributed by atoms with Crippen LogP contribution in [0, 0.1) is 5.82 Å². The molecule has 3 rings (SSSR count). The van der Waals surface area contributed by atoms with Crippen LogP contribution in [0.15, 0.2) is 48.5 Å². The Morgan fingerprint density at radius 1 is 1.00 bits per heavy atom. The molecule has 2 aromatic carbocycles. The average Bonchev–Trinajstić information content (AvgIpc) is 2.68. The molecule has 0 bridgehead atoms. The summed E-state index contributed by atoms with van der Waals surface area (Å²) < 4.78 is 18.3. The van der Waals surface area contributed by atoms with Crippen LogP contribution in [-0.2, 0) is 6.54 Å². The number of likely N-dealkylation sites (tertiary alicyclic amines) is 1. The van der Waals surface area contributed by atoms with E-state index < -0.39 is 0 Å². The first-order valence-electron chi connectivity index (χ1n) is 9.18. The Balaban J connectivity index is 1.40. The monoisotopic (exact) mass is 356 g/mol. The van der Waals surface area contributed by atoms with E-state index in [-0.39, 0.29) is 11.7 Å². The van der Waals surface area contributed by atoms with Gasteiger partial charge in [0.15, 0.2) is 0 Å². The van der Waals surface area contributed by atoms with Gasteiger partial charge in [0, 0.05) is 12.1 Å². The highest BCUT2D eigenvalue weighted by atomic mass is 19.1. The lowest BCUT2D eigenvalue weighted by Gasteiger charge is -2.26. The quantitative estimate of drug-likeness (QED) is 0.771. The van der Waals surface area contributed by atoms with E-state index >= 15 is 0 Å². The highest BCUT2D eigenvalue weighted by Gasteiger charge is 2.11. The van der Waals surface area contributed by atoms with Crippen LogP contribution in [-0.4, -0.2) is 37.0 Å². The summed E-state index contributed by atoms with van der Waals surface area (Å²) in [6, 6.07) is 13.6. The van der Waals surface area contributed by atoms with Gasteiger partial charge in [-0.2, -0.15) is 0 Å². The summed E-state index contributed by atoms with van der Waals surface area (Å²) in [6.07, 6.45) is 3.89. The summed E-state index contributed by atoms with van der Waals surface area (Å²) in [5.41, 5.74) is 1.89. The number of nitrogens with zero attached hydrogens (tertiary/aromatic N) is 1. The Morgan fingerprint density at radius 3 is 2.38 bits per heavy atom. The van der Waals surface area contributed by atoms with Crippen molar-refractivity contribution in [3.05, 3.63) is 65.5 Å². The molecule has 5 heteroatoms. The number of piperidine rings is 1. The largest absolute Gasteiger partial charge is 0.492 e. The van der Waals surface area contributed by atoms with Gasteiger partial charge in [-0.15, -0.1) is 0 Å². The molecule has 0 radical (unpaired) electrons. The maximum absolute atomic E-state index is 12.8. The van der Waals surface area contributed by atoms with Gasteiger partial charge in [0.25, 0.3) is 5.91 Å². The van der Waals surface area contributed by atoms with Crippen LogP contribution in [0.4, 0.5) is 4.39 Å². The summed E-state index contributed by atoms with van der Waals surface area (Å²) in [7, 11) is 0. The van der Waals surface area contributed by atoms with Gasteiger partial charge >= 0.3 is 0 Å². The van der Waals surface area contributed by atoms with E-state index in [0.29, 0.717) is 24.5 Å². The Morgan fingerprint density at radius 2 is 1.69 bits per heavy atom. The molecule has 1 heterocycles. The lowest BCUT2D eigenvalue weighted by Crippen LogP contribution is -2.29. The number of benzene rings is 2. The van der Waals surface area contributed by atoms with Crippen molar-refractivity contribution in [1.29, 1.82) is 0 Å². The maximum Gasteiger partial charge on any atom is 0.251 e. The van der Waals surface area contributed by atoms with Crippen LogP contribution in [0.5, 0.6) is 5.75 Å². The fraction of sp³-hybridized carbons (Fsp3) is 0.381. The number of rotatable bonds is 7. The van der Waals surface area contributed by atoms with Crippen LogP contribution in [0.1, 0.15) is 35.2 Å². The fourth-order valence-electron chi connectivity index (χ4n) is 3.10. The molecule has 1 saturated heterocycles. The van der Waals surface area contributed by atoms with Gasteiger partial charge in [0.1, 0.15) is 18.2 Å². The smallest absolute Gasteiger partial charge is 0.251 e. The second-order valence-electron chi connectivity index (χ2n) is 6.59. The summed E-state index contributed by atoms with van der Waals surface area (Å²) in [5, 5.41) is 2.83. The van der Waals surface area contributed by atoms with E-state index in [1.807, 2.05) is 24.3 Å². The summed E-state index contributed by atoms with van der Waals surface area (Å²) in [4.78, 5) is 14.6. The topological polar surface area (TPSA) is 41.6 Å². The zero-order chi connectivity index (χ0) is 18.2. The molecular formula is C21H25FN2O2. The van der Waals surface area contributed by atoms with Crippen LogP contribution >= 0.6 is 0 Å². The minimum absolute atomic E-state index is 0.114. The van der Waals surface area contributed by atoms with Crippen molar-refractivity contribution in [2.45, 2.75) is 25.8 Å². The second kappa shape index (κ2) is 9.34. The van der Waals surface area contributed by atoms with Crippen molar-refractivity contribution >= 4 is 5.91 Å². The maximum atomic E-state index is 12.8. The van der Waals surface area contributed by atoms with Crippen molar-refractivity contribution in [2.24, 2.45) is 0 Å². The molecule has 0 saturated carbocycles. The van der Waals surface area contributed by atoms with Crippen molar-refractivity contribution in [1.82, 2.24) is 10.2 Å². The Hall–Kier alpha value is -2.40. The predicted molar refractivity (Wildman–Crippen MR) is 99.8 cm³/mol. The molecule has 1 fully saturated rings. The van der Waals surface area contributed by atoms with E-state index in [1.165, 1.54) is 37.0 Å². The third-order valence-corrected chi connectivity index (χ3v) is 4.54. The van der Waals surface area contributed by atoms with Crippen LogP contribution in [0.2, 0.25) is 0 Å². The number of halogens is 1. The molecule has 1 aliphatic rings.